The Morgan fingerprint density at radius 3 is 1.35 bits per heavy atom. The molecule has 0 fully saturated rings. The second kappa shape index (κ2) is 20.6. The van der Waals surface area contributed by atoms with Crippen LogP contribution < -0.4 is 22.5 Å². The third-order valence-corrected chi connectivity index (χ3v) is 5.04. The highest BCUT2D eigenvalue weighted by Gasteiger charge is 1.97. The summed E-state index contributed by atoms with van der Waals surface area (Å²) in [5, 5.41) is 0. The molecule has 1 aromatic heterocycles. The summed E-state index contributed by atoms with van der Waals surface area (Å²) in [6.07, 6.45) is 27.0. The normalized spacial score (nSPS) is 10.5. The number of hydrogen-bond acceptors (Lipinski definition) is 1. The Hall–Kier alpha value is -0.760. The lowest BCUT2D eigenvalue weighted by atomic mass is 10.0. The summed E-state index contributed by atoms with van der Waals surface area (Å²) in [6.45, 7) is 3.37. The first-order valence-electron chi connectivity index (χ1n) is 11.1. The smallest absolute Gasteiger partial charge is 0.199 e. The number of hydrogen-bond donors (Lipinski definition) is 1. The minimum atomic E-state index is 0. The van der Waals surface area contributed by atoms with E-state index in [2.05, 4.69) is 36.9 Å². The summed E-state index contributed by atoms with van der Waals surface area (Å²) in [5.41, 5.74) is 3.41. The monoisotopic (exact) mass is 382 g/mol. The van der Waals surface area contributed by atoms with Crippen LogP contribution in [0.1, 0.15) is 110 Å². The molecule has 0 unspecified atom stereocenters. The van der Waals surface area contributed by atoms with E-state index >= 15 is 0 Å². The fourth-order valence-electron chi connectivity index (χ4n) is 3.39. The fraction of sp³-hybridized carbons (Fsp3) is 0.783. The Labute approximate surface area is 169 Å². The Kier molecular flexibility index (Phi) is 19.9. The van der Waals surface area contributed by atoms with Crippen molar-refractivity contribution in [1.82, 2.24) is 0 Å². The molecule has 0 saturated heterocycles. The maximum absolute atomic E-state index is 3.41. The third-order valence-electron chi connectivity index (χ3n) is 5.04. The molecule has 0 bridgehead atoms. The van der Waals surface area contributed by atoms with Gasteiger partial charge in [0.1, 0.15) is 0 Å². The van der Waals surface area contributed by atoms with E-state index in [1.807, 2.05) is 10.7 Å². The molecule has 1 heterocycles. The van der Waals surface area contributed by atoms with Gasteiger partial charge in [-0.2, -0.15) is 5.43 Å². The molecule has 0 aliphatic carbocycles. The van der Waals surface area contributed by atoms with Crippen LogP contribution in [-0.2, 0) is 0 Å². The molecule has 26 heavy (non-hydrogen) atoms. The Bertz CT molecular complexity index is 370. The van der Waals surface area contributed by atoms with E-state index in [1.165, 1.54) is 103 Å². The van der Waals surface area contributed by atoms with Crippen LogP contribution >= 0.6 is 0 Å². The third kappa shape index (κ3) is 16.7. The molecule has 0 amide bonds. The first-order valence-corrected chi connectivity index (χ1v) is 11.1. The average molecular weight is 383 g/mol. The van der Waals surface area contributed by atoms with Crippen molar-refractivity contribution in [3.05, 3.63) is 30.6 Å². The van der Waals surface area contributed by atoms with Crippen molar-refractivity contribution in [2.75, 3.05) is 12.0 Å². The second-order valence-electron chi connectivity index (χ2n) is 7.49. The van der Waals surface area contributed by atoms with Gasteiger partial charge in [-0.05, 0) is 6.42 Å². The van der Waals surface area contributed by atoms with Gasteiger partial charge in [-0.3, -0.25) is 0 Å². The lowest BCUT2D eigenvalue weighted by Gasteiger charge is -2.03. The highest BCUT2D eigenvalue weighted by molar-refractivity contribution is 4.84. The van der Waals surface area contributed by atoms with Crippen LogP contribution in [0.3, 0.4) is 0 Å². The lowest BCUT2D eigenvalue weighted by Crippen LogP contribution is -3.00. The summed E-state index contributed by atoms with van der Waals surface area (Å²) in [4.78, 5) is 0. The van der Waals surface area contributed by atoms with Crippen LogP contribution in [-0.4, -0.2) is 6.54 Å². The van der Waals surface area contributed by atoms with Crippen molar-refractivity contribution < 1.29 is 17.1 Å². The molecule has 0 aliphatic heterocycles. The van der Waals surface area contributed by atoms with E-state index in [1.54, 1.807) is 0 Å². The predicted octanol–water partition coefficient (Wildman–Crippen LogP) is 3.78. The van der Waals surface area contributed by atoms with Crippen molar-refractivity contribution in [2.24, 2.45) is 0 Å². The van der Waals surface area contributed by atoms with Crippen LogP contribution in [0, 0.1) is 0 Å². The zero-order valence-corrected chi connectivity index (χ0v) is 18.0. The van der Waals surface area contributed by atoms with Gasteiger partial charge in [0.05, 0.1) is 6.54 Å². The molecule has 1 aromatic rings. The summed E-state index contributed by atoms with van der Waals surface area (Å²) < 4.78 is 2.05. The van der Waals surface area contributed by atoms with Crippen molar-refractivity contribution >= 4 is 0 Å². The van der Waals surface area contributed by atoms with Crippen molar-refractivity contribution in [2.45, 2.75) is 110 Å². The van der Waals surface area contributed by atoms with Gasteiger partial charge in [0.15, 0.2) is 12.4 Å². The number of nitrogens with zero attached hydrogens (tertiary/aromatic N) is 1. The van der Waals surface area contributed by atoms with Crippen molar-refractivity contribution in [1.29, 1.82) is 0 Å². The highest BCUT2D eigenvalue weighted by Crippen LogP contribution is 2.13. The first-order chi connectivity index (χ1) is 12.4. The Morgan fingerprint density at radius 2 is 0.923 bits per heavy atom. The topological polar surface area (TPSA) is 15.9 Å². The van der Waals surface area contributed by atoms with Crippen LogP contribution in [0.4, 0.5) is 0 Å². The summed E-state index contributed by atoms with van der Waals surface area (Å²) in [6, 6.07) is 6.16. The first kappa shape index (κ1) is 25.2. The molecule has 0 atom stereocenters. The van der Waals surface area contributed by atoms with Gasteiger partial charge in [-0.15, -0.1) is 0 Å². The Balaban J connectivity index is 0.00000625. The van der Waals surface area contributed by atoms with Crippen LogP contribution in [0.25, 0.3) is 0 Å². The van der Waals surface area contributed by atoms with E-state index in [9.17, 15) is 0 Å². The molecule has 0 saturated carbocycles. The summed E-state index contributed by atoms with van der Waals surface area (Å²) in [5.74, 6) is 0. The molecule has 0 aromatic carbocycles. The molecule has 0 aliphatic rings. The standard InChI is InChI=1S/C23H43N2.ClH/c1-2-3-4-5-6-7-8-9-10-11-12-13-14-15-16-18-21-24-25-22-19-17-20-23-25;/h17,19-20,22-24H,2-16,18,21H2,1H3;1H/q+1;/p-1. The molecule has 0 spiro atoms. The zero-order valence-electron chi connectivity index (χ0n) is 17.2. The fourth-order valence-corrected chi connectivity index (χ4v) is 3.39. The minimum absolute atomic E-state index is 0. The largest absolute Gasteiger partial charge is 1.00 e. The maximum Gasteiger partial charge on any atom is 0.199 e. The van der Waals surface area contributed by atoms with Crippen LogP contribution in [0.5, 0.6) is 0 Å². The second-order valence-corrected chi connectivity index (χ2v) is 7.49. The number of pyridine rings is 1. The SMILES string of the molecule is CCCCCCCCCCCCCCCCCCN[n+]1ccccc1.[Cl-]. The molecular weight excluding hydrogens is 340 g/mol. The highest BCUT2D eigenvalue weighted by atomic mass is 35.5. The summed E-state index contributed by atoms with van der Waals surface area (Å²) >= 11 is 0. The summed E-state index contributed by atoms with van der Waals surface area (Å²) in [7, 11) is 0. The average Bonchev–Trinajstić information content (AvgIpc) is 2.65. The molecule has 1 rings (SSSR count). The number of aromatic nitrogens is 1. The van der Waals surface area contributed by atoms with Gasteiger partial charge in [0, 0.05) is 12.1 Å². The number of unbranched alkanes of at least 4 members (excludes halogenated alkanes) is 15. The lowest BCUT2D eigenvalue weighted by molar-refractivity contribution is -0.650. The minimum Gasteiger partial charge on any atom is -1.00 e. The van der Waals surface area contributed by atoms with Gasteiger partial charge in [-0.25, -0.2) is 0 Å². The van der Waals surface area contributed by atoms with Gasteiger partial charge in [0.25, 0.3) is 0 Å². The van der Waals surface area contributed by atoms with Gasteiger partial charge in [0.2, 0.25) is 0 Å². The maximum atomic E-state index is 3.41. The van der Waals surface area contributed by atoms with E-state index in [0.717, 1.165) is 6.54 Å². The molecule has 1 N–H and O–H groups in total. The molecule has 3 heteroatoms. The quantitative estimate of drug-likeness (QED) is 0.302. The molecule has 152 valence electrons. The van der Waals surface area contributed by atoms with E-state index in [-0.39, 0.29) is 12.4 Å². The zero-order chi connectivity index (χ0) is 17.8. The van der Waals surface area contributed by atoms with E-state index in [0.29, 0.717) is 0 Å². The number of halogens is 1. The van der Waals surface area contributed by atoms with Crippen LogP contribution in [0.2, 0.25) is 0 Å². The van der Waals surface area contributed by atoms with Crippen LogP contribution in [0.15, 0.2) is 30.6 Å². The number of nitrogens with one attached hydrogen (secondary N) is 1. The van der Waals surface area contributed by atoms with E-state index < -0.39 is 0 Å². The molecule has 0 radical (unpaired) electrons. The van der Waals surface area contributed by atoms with E-state index in [4.69, 9.17) is 0 Å². The van der Waals surface area contributed by atoms with Crippen molar-refractivity contribution in [3.8, 4) is 0 Å². The van der Waals surface area contributed by atoms with Gasteiger partial charge in [-0.1, -0.05) is 114 Å². The molecule has 2 nitrogen and oxygen atoms in total. The van der Waals surface area contributed by atoms with Gasteiger partial charge < -0.3 is 12.4 Å². The van der Waals surface area contributed by atoms with Gasteiger partial charge >= 0.3 is 0 Å². The predicted molar refractivity (Wildman–Crippen MR) is 110 cm³/mol. The Morgan fingerprint density at radius 1 is 0.538 bits per heavy atom. The number of rotatable bonds is 18. The molecular formula is C23H43ClN2. The van der Waals surface area contributed by atoms with Crippen molar-refractivity contribution in [3.63, 3.8) is 0 Å².